The van der Waals surface area contributed by atoms with Gasteiger partial charge in [0, 0.05) is 6.04 Å². The van der Waals surface area contributed by atoms with E-state index in [-0.39, 0.29) is 0 Å². The van der Waals surface area contributed by atoms with Gasteiger partial charge in [0.05, 0.1) is 0 Å². The lowest BCUT2D eigenvalue weighted by atomic mass is 9.71. The monoisotopic (exact) mass is 254 g/mol. The Bertz CT molecular complexity index is 236. The lowest BCUT2D eigenvalue weighted by Crippen LogP contribution is -2.43. The second-order valence-corrected chi connectivity index (χ2v) is 7.54. The highest BCUT2D eigenvalue weighted by atomic mass is 15.1. The third-order valence-electron chi connectivity index (χ3n) is 5.26. The summed E-state index contributed by atoms with van der Waals surface area (Å²) in [6.07, 6.45) is 8.16. The van der Waals surface area contributed by atoms with E-state index in [1.54, 1.807) is 0 Å². The fraction of sp³-hybridized carbons (Fsp3) is 1.00. The predicted molar refractivity (Wildman–Crippen MR) is 80.7 cm³/mol. The fourth-order valence-corrected chi connectivity index (χ4v) is 3.13. The molecule has 1 fully saturated rings. The first kappa shape index (κ1) is 16.0. The molecular formula is C16H34N2. The fourth-order valence-electron chi connectivity index (χ4n) is 3.13. The lowest BCUT2D eigenvalue weighted by Gasteiger charge is -2.40. The second kappa shape index (κ2) is 6.38. The number of hydrogen-bond acceptors (Lipinski definition) is 2. The first-order valence-electron chi connectivity index (χ1n) is 7.71. The van der Waals surface area contributed by atoms with E-state index in [1.807, 2.05) is 0 Å². The molecule has 1 unspecified atom stereocenters. The number of nitrogens with two attached hydrogens (primary N) is 1. The predicted octanol–water partition coefficient (Wildman–Crippen LogP) is 3.65. The highest BCUT2D eigenvalue weighted by molar-refractivity contribution is 4.86. The van der Waals surface area contributed by atoms with E-state index in [0.717, 1.165) is 6.54 Å². The van der Waals surface area contributed by atoms with Crippen LogP contribution in [0, 0.1) is 10.8 Å². The third-order valence-corrected chi connectivity index (χ3v) is 5.26. The van der Waals surface area contributed by atoms with Crippen molar-refractivity contribution in [3.8, 4) is 0 Å². The molecule has 0 saturated heterocycles. The zero-order valence-electron chi connectivity index (χ0n) is 13.3. The van der Waals surface area contributed by atoms with E-state index in [0.29, 0.717) is 16.9 Å². The summed E-state index contributed by atoms with van der Waals surface area (Å²) in [6.45, 7) is 11.4. The average molecular weight is 254 g/mol. The van der Waals surface area contributed by atoms with Gasteiger partial charge in [-0.3, -0.25) is 0 Å². The summed E-state index contributed by atoms with van der Waals surface area (Å²) in [6, 6.07) is 0.621. The topological polar surface area (TPSA) is 29.3 Å². The van der Waals surface area contributed by atoms with Crippen LogP contribution in [0.25, 0.3) is 0 Å². The van der Waals surface area contributed by atoms with E-state index >= 15 is 0 Å². The van der Waals surface area contributed by atoms with Crippen LogP contribution >= 0.6 is 0 Å². The van der Waals surface area contributed by atoms with E-state index in [9.17, 15) is 0 Å². The van der Waals surface area contributed by atoms with Gasteiger partial charge in [-0.05, 0) is 57.2 Å². The SMILES string of the molecule is CC(N(C)CCC1(CN)CCCCC1)C(C)(C)C. The summed E-state index contributed by atoms with van der Waals surface area (Å²) < 4.78 is 0. The van der Waals surface area contributed by atoms with Crippen molar-refractivity contribution in [2.75, 3.05) is 20.1 Å². The van der Waals surface area contributed by atoms with Crippen LogP contribution in [0.15, 0.2) is 0 Å². The maximum absolute atomic E-state index is 6.07. The average Bonchev–Trinajstić information content (AvgIpc) is 2.35. The molecule has 1 aliphatic carbocycles. The minimum atomic E-state index is 0.358. The van der Waals surface area contributed by atoms with Crippen molar-refractivity contribution in [2.24, 2.45) is 16.6 Å². The van der Waals surface area contributed by atoms with Crippen LogP contribution in [0.1, 0.15) is 66.2 Å². The quantitative estimate of drug-likeness (QED) is 0.811. The normalized spacial score (nSPS) is 22.2. The smallest absolute Gasteiger partial charge is 0.0112 e. The summed E-state index contributed by atoms with van der Waals surface area (Å²) in [4.78, 5) is 2.52. The van der Waals surface area contributed by atoms with E-state index in [2.05, 4.69) is 39.6 Å². The molecule has 1 rings (SSSR count). The van der Waals surface area contributed by atoms with Gasteiger partial charge in [0.15, 0.2) is 0 Å². The third kappa shape index (κ3) is 4.24. The molecule has 18 heavy (non-hydrogen) atoms. The van der Waals surface area contributed by atoms with Crippen LogP contribution in [0.5, 0.6) is 0 Å². The van der Waals surface area contributed by atoms with Crippen LogP contribution in [0.2, 0.25) is 0 Å². The number of nitrogens with zero attached hydrogens (tertiary/aromatic N) is 1. The molecule has 2 nitrogen and oxygen atoms in total. The van der Waals surface area contributed by atoms with Crippen molar-refractivity contribution in [2.45, 2.75) is 72.3 Å². The van der Waals surface area contributed by atoms with Crippen molar-refractivity contribution in [1.29, 1.82) is 0 Å². The molecule has 2 N–H and O–H groups in total. The molecular weight excluding hydrogens is 220 g/mol. The summed E-state index contributed by atoms with van der Waals surface area (Å²) in [5, 5.41) is 0. The molecule has 0 aliphatic heterocycles. The Morgan fingerprint density at radius 2 is 1.72 bits per heavy atom. The Morgan fingerprint density at radius 1 is 1.17 bits per heavy atom. The summed E-state index contributed by atoms with van der Waals surface area (Å²) in [5.41, 5.74) is 6.87. The highest BCUT2D eigenvalue weighted by Gasteiger charge is 2.32. The van der Waals surface area contributed by atoms with Gasteiger partial charge in [-0.2, -0.15) is 0 Å². The maximum Gasteiger partial charge on any atom is 0.0112 e. The largest absolute Gasteiger partial charge is 0.330 e. The zero-order chi connectivity index (χ0) is 13.8. The van der Waals surface area contributed by atoms with E-state index in [1.165, 1.54) is 45.1 Å². The Labute approximate surface area is 114 Å². The lowest BCUT2D eigenvalue weighted by molar-refractivity contribution is 0.102. The minimum Gasteiger partial charge on any atom is -0.330 e. The zero-order valence-corrected chi connectivity index (χ0v) is 13.3. The molecule has 1 atom stereocenters. The summed E-state index contributed by atoms with van der Waals surface area (Å²) in [5.74, 6) is 0. The first-order valence-corrected chi connectivity index (χ1v) is 7.71. The Balaban J connectivity index is 2.47. The van der Waals surface area contributed by atoms with Crippen molar-refractivity contribution in [1.82, 2.24) is 4.90 Å². The van der Waals surface area contributed by atoms with Crippen molar-refractivity contribution < 1.29 is 0 Å². The van der Waals surface area contributed by atoms with E-state index < -0.39 is 0 Å². The minimum absolute atomic E-state index is 0.358. The highest BCUT2D eigenvalue weighted by Crippen LogP contribution is 2.38. The van der Waals surface area contributed by atoms with Gasteiger partial charge in [0.1, 0.15) is 0 Å². The van der Waals surface area contributed by atoms with Crippen molar-refractivity contribution in [3.63, 3.8) is 0 Å². The van der Waals surface area contributed by atoms with Gasteiger partial charge >= 0.3 is 0 Å². The van der Waals surface area contributed by atoms with Crippen LogP contribution < -0.4 is 5.73 Å². The summed E-state index contributed by atoms with van der Waals surface area (Å²) >= 11 is 0. The Kier molecular flexibility index (Phi) is 5.67. The summed E-state index contributed by atoms with van der Waals surface area (Å²) in [7, 11) is 2.27. The molecule has 0 aromatic carbocycles. The van der Waals surface area contributed by atoms with Gasteiger partial charge in [-0.15, -0.1) is 0 Å². The van der Waals surface area contributed by atoms with Crippen LogP contribution in [0.4, 0.5) is 0 Å². The van der Waals surface area contributed by atoms with Crippen LogP contribution in [-0.4, -0.2) is 31.1 Å². The van der Waals surface area contributed by atoms with Crippen LogP contribution in [0.3, 0.4) is 0 Å². The molecule has 0 bridgehead atoms. The Morgan fingerprint density at radius 3 is 2.17 bits per heavy atom. The molecule has 108 valence electrons. The standard InChI is InChI=1S/C16H34N2/c1-14(15(2,3)4)18(5)12-11-16(13-17)9-7-6-8-10-16/h14H,6-13,17H2,1-5H3. The molecule has 0 amide bonds. The van der Waals surface area contributed by atoms with E-state index in [4.69, 9.17) is 5.73 Å². The van der Waals surface area contributed by atoms with Crippen LogP contribution in [-0.2, 0) is 0 Å². The van der Waals surface area contributed by atoms with Crippen molar-refractivity contribution >= 4 is 0 Å². The molecule has 0 radical (unpaired) electrons. The van der Waals surface area contributed by atoms with Gasteiger partial charge in [-0.25, -0.2) is 0 Å². The molecule has 0 spiro atoms. The number of hydrogen-bond donors (Lipinski definition) is 1. The van der Waals surface area contributed by atoms with Gasteiger partial charge in [0.25, 0.3) is 0 Å². The van der Waals surface area contributed by atoms with Crippen molar-refractivity contribution in [3.05, 3.63) is 0 Å². The molecule has 1 aliphatic rings. The van der Waals surface area contributed by atoms with Gasteiger partial charge in [0.2, 0.25) is 0 Å². The molecule has 0 aromatic heterocycles. The molecule has 1 saturated carbocycles. The molecule has 0 heterocycles. The second-order valence-electron chi connectivity index (χ2n) is 7.54. The maximum atomic E-state index is 6.07. The van der Waals surface area contributed by atoms with Gasteiger partial charge in [-0.1, -0.05) is 40.0 Å². The number of rotatable bonds is 5. The molecule has 0 aromatic rings. The van der Waals surface area contributed by atoms with Gasteiger partial charge < -0.3 is 10.6 Å². The Hall–Kier alpha value is -0.0800. The first-order chi connectivity index (χ1) is 8.31. The molecule has 2 heteroatoms.